The smallest absolute Gasteiger partial charge is 0.154 e. The van der Waals surface area contributed by atoms with E-state index in [9.17, 15) is 20.4 Å². The van der Waals surface area contributed by atoms with E-state index >= 15 is 0 Å². The van der Waals surface area contributed by atoms with Crippen molar-refractivity contribution in [2.45, 2.75) is 81.9 Å². The molecule has 1 heterocycles. The number of methoxy groups -OCH3 is 1. The molecule has 1 aliphatic rings. The van der Waals surface area contributed by atoms with Crippen LogP contribution in [0.1, 0.15) is 44.9 Å². The molecule has 6 atom stereocenters. The average Bonchev–Trinajstić information content (AvgIpc) is 2.65. The van der Waals surface area contributed by atoms with Crippen molar-refractivity contribution >= 4 is 0 Å². The summed E-state index contributed by atoms with van der Waals surface area (Å²) in [5.74, 6) is 0. The topological polar surface area (TPSA) is 132 Å². The molecule has 0 aromatic rings. The highest BCUT2D eigenvalue weighted by Gasteiger charge is 2.42. The van der Waals surface area contributed by atoms with Crippen LogP contribution in [0.4, 0.5) is 0 Å². The van der Waals surface area contributed by atoms with E-state index in [-0.39, 0.29) is 0 Å². The normalized spacial score (nSPS) is 30.8. The number of nitrogens with one attached hydrogen (secondary N) is 1. The molecule has 154 valence electrons. The number of ether oxygens (including phenoxy) is 2. The van der Waals surface area contributed by atoms with Crippen molar-refractivity contribution < 1.29 is 35.0 Å². The van der Waals surface area contributed by atoms with Gasteiger partial charge in [-0.25, -0.2) is 0 Å². The van der Waals surface area contributed by atoms with Gasteiger partial charge in [0.1, 0.15) is 30.6 Å². The average molecular weight is 377 g/mol. The van der Waals surface area contributed by atoms with Gasteiger partial charge < -0.3 is 35.0 Å². The first-order valence-electron chi connectivity index (χ1n) is 9.41. The Balaban J connectivity index is 2.06. The maximum Gasteiger partial charge on any atom is 0.154 e. The van der Waals surface area contributed by atoms with Gasteiger partial charge in [0.25, 0.3) is 0 Å². The first-order valence-corrected chi connectivity index (χ1v) is 9.41. The van der Waals surface area contributed by atoms with Crippen molar-refractivity contribution in [3.8, 4) is 0 Å². The molecule has 0 bridgehead atoms. The van der Waals surface area contributed by atoms with Gasteiger partial charge in [0.15, 0.2) is 6.29 Å². The molecule has 0 aliphatic carbocycles. The maximum atomic E-state index is 9.89. The van der Waals surface area contributed by atoms with Crippen LogP contribution in [0, 0.1) is 0 Å². The van der Waals surface area contributed by atoms with Crippen LogP contribution in [-0.2, 0) is 9.47 Å². The first-order chi connectivity index (χ1) is 12.5. The molecule has 8 nitrogen and oxygen atoms in total. The molecule has 1 fully saturated rings. The SMILES string of the molecule is COC(O)CCCCCCC/C=C/CNC1OC(CO)C(O)C(O)C1O. The molecule has 0 radical (unpaired) electrons. The van der Waals surface area contributed by atoms with Gasteiger partial charge >= 0.3 is 0 Å². The van der Waals surface area contributed by atoms with Gasteiger partial charge in [0.2, 0.25) is 0 Å². The molecular weight excluding hydrogens is 342 g/mol. The zero-order chi connectivity index (χ0) is 19.4. The lowest BCUT2D eigenvalue weighted by Gasteiger charge is -2.40. The number of allylic oxidation sites excluding steroid dienone is 1. The first kappa shape index (κ1) is 23.5. The quantitative estimate of drug-likeness (QED) is 0.146. The molecule has 0 spiro atoms. The van der Waals surface area contributed by atoms with Crippen LogP contribution in [-0.4, -0.2) is 82.7 Å². The summed E-state index contributed by atoms with van der Waals surface area (Å²) < 4.78 is 10.1. The summed E-state index contributed by atoms with van der Waals surface area (Å²) >= 11 is 0. The molecule has 1 saturated heterocycles. The summed E-state index contributed by atoms with van der Waals surface area (Å²) in [7, 11) is 1.50. The Bertz CT molecular complexity index is 381. The summed E-state index contributed by atoms with van der Waals surface area (Å²) in [6.07, 6.45) is 4.71. The lowest BCUT2D eigenvalue weighted by atomic mass is 9.98. The fraction of sp³-hybridized carbons (Fsp3) is 0.889. The van der Waals surface area contributed by atoms with Crippen molar-refractivity contribution in [3.63, 3.8) is 0 Å². The molecule has 0 amide bonds. The molecule has 6 unspecified atom stereocenters. The summed E-state index contributed by atoms with van der Waals surface area (Å²) in [4.78, 5) is 0. The van der Waals surface area contributed by atoms with Crippen molar-refractivity contribution in [3.05, 3.63) is 12.2 Å². The predicted octanol–water partition coefficient (Wildman–Crippen LogP) is -0.372. The van der Waals surface area contributed by atoms with Crippen molar-refractivity contribution in [2.75, 3.05) is 20.3 Å². The molecule has 8 heteroatoms. The van der Waals surface area contributed by atoms with Gasteiger partial charge in [0, 0.05) is 13.7 Å². The molecule has 0 aromatic carbocycles. The number of hydrogen-bond donors (Lipinski definition) is 6. The van der Waals surface area contributed by atoms with E-state index in [0.717, 1.165) is 38.5 Å². The van der Waals surface area contributed by atoms with Crippen molar-refractivity contribution in [2.24, 2.45) is 0 Å². The minimum Gasteiger partial charge on any atom is -0.394 e. The van der Waals surface area contributed by atoms with Gasteiger partial charge in [-0.1, -0.05) is 31.4 Å². The zero-order valence-corrected chi connectivity index (χ0v) is 15.5. The largest absolute Gasteiger partial charge is 0.394 e. The Morgan fingerprint density at radius 3 is 2.38 bits per heavy atom. The Morgan fingerprint density at radius 2 is 1.69 bits per heavy atom. The lowest BCUT2D eigenvalue weighted by molar-refractivity contribution is -0.235. The Labute approximate surface area is 155 Å². The fourth-order valence-electron chi connectivity index (χ4n) is 2.88. The third-order valence-electron chi connectivity index (χ3n) is 4.59. The number of aliphatic hydroxyl groups is 5. The van der Waals surface area contributed by atoms with E-state index < -0.39 is 43.5 Å². The standard InChI is InChI=1S/C18H35NO7/c1-25-14(21)10-8-6-4-2-3-5-7-9-11-19-18-17(24)16(23)15(22)13(12-20)26-18/h7,9,13-24H,2-6,8,10-12H2,1H3/b9-7+. The Hall–Kier alpha value is -0.580. The van der Waals surface area contributed by atoms with Gasteiger partial charge in [-0.3, -0.25) is 5.32 Å². The molecule has 6 N–H and O–H groups in total. The number of unbranched alkanes of at least 4 members (excludes halogenated alkanes) is 5. The summed E-state index contributed by atoms with van der Waals surface area (Å²) in [5.41, 5.74) is 0. The van der Waals surface area contributed by atoms with E-state index in [1.807, 2.05) is 12.2 Å². The van der Waals surface area contributed by atoms with E-state index in [2.05, 4.69) is 5.32 Å². The molecular formula is C18H35NO7. The highest BCUT2D eigenvalue weighted by Crippen LogP contribution is 2.19. The highest BCUT2D eigenvalue weighted by molar-refractivity contribution is 4.92. The number of hydrogen-bond acceptors (Lipinski definition) is 8. The molecule has 1 aliphatic heterocycles. The van der Waals surface area contributed by atoms with Crippen molar-refractivity contribution in [1.29, 1.82) is 0 Å². The van der Waals surface area contributed by atoms with Gasteiger partial charge in [0.05, 0.1) is 6.61 Å². The minimum absolute atomic E-state index is 0.427. The Kier molecular flexibility index (Phi) is 12.2. The van der Waals surface area contributed by atoms with E-state index in [4.69, 9.17) is 14.6 Å². The van der Waals surface area contributed by atoms with Crippen LogP contribution >= 0.6 is 0 Å². The molecule has 1 rings (SSSR count). The second-order valence-electron chi connectivity index (χ2n) is 6.66. The lowest BCUT2D eigenvalue weighted by Crippen LogP contribution is -2.62. The number of aliphatic hydroxyl groups excluding tert-OH is 5. The molecule has 0 aromatic heterocycles. The summed E-state index contributed by atoms with van der Waals surface area (Å²) in [5, 5.41) is 50.6. The third-order valence-corrected chi connectivity index (χ3v) is 4.59. The Morgan fingerprint density at radius 1 is 1.00 bits per heavy atom. The van der Waals surface area contributed by atoms with Crippen LogP contribution < -0.4 is 5.32 Å². The van der Waals surface area contributed by atoms with E-state index in [1.165, 1.54) is 7.11 Å². The van der Waals surface area contributed by atoms with Crippen LogP contribution in [0.25, 0.3) is 0 Å². The monoisotopic (exact) mass is 377 g/mol. The van der Waals surface area contributed by atoms with Crippen LogP contribution in [0.3, 0.4) is 0 Å². The number of rotatable bonds is 13. The van der Waals surface area contributed by atoms with E-state index in [0.29, 0.717) is 13.0 Å². The fourth-order valence-corrected chi connectivity index (χ4v) is 2.88. The zero-order valence-electron chi connectivity index (χ0n) is 15.5. The van der Waals surface area contributed by atoms with Crippen molar-refractivity contribution in [1.82, 2.24) is 5.32 Å². The second-order valence-corrected chi connectivity index (χ2v) is 6.66. The summed E-state index contributed by atoms with van der Waals surface area (Å²) in [6, 6.07) is 0. The maximum absolute atomic E-state index is 9.89. The minimum atomic E-state index is -1.35. The molecule has 26 heavy (non-hydrogen) atoms. The van der Waals surface area contributed by atoms with Crippen LogP contribution in [0.5, 0.6) is 0 Å². The van der Waals surface area contributed by atoms with E-state index in [1.54, 1.807) is 0 Å². The predicted molar refractivity (Wildman–Crippen MR) is 96.2 cm³/mol. The van der Waals surface area contributed by atoms with Crippen LogP contribution in [0.15, 0.2) is 12.2 Å². The second kappa shape index (κ2) is 13.6. The van der Waals surface area contributed by atoms with Gasteiger partial charge in [-0.15, -0.1) is 0 Å². The summed E-state index contributed by atoms with van der Waals surface area (Å²) in [6.45, 7) is 0.0288. The van der Waals surface area contributed by atoms with Crippen LogP contribution in [0.2, 0.25) is 0 Å². The molecule has 0 saturated carbocycles. The van der Waals surface area contributed by atoms with Gasteiger partial charge in [-0.05, 0) is 25.7 Å². The van der Waals surface area contributed by atoms with Gasteiger partial charge in [-0.2, -0.15) is 0 Å². The third kappa shape index (κ3) is 8.41. The highest BCUT2D eigenvalue weighted by atomic mass is 16.6.